The minimum absolute atomic E-state index is 0.423. The summed E-state index contributed by atoms with van der Waals surface area (Å²) >= 11 is 3.32. The van der Waals surface area contributed by atoms with Crippen LogP contribution in [-0.2, 0) is 0 Å². The van der Waals surface area contributed by atoms with Crippen molar-refractivity contribution in [1.82, 2.24) is 0 Å². The van der Waals surface area contributed by atoms with E-state index < -0.39 is 0 Å². The number of nitrogens with zero attached hydrogens (tertiary/aromatic N) is 1. The monoisotopic (exact) mass is 333 g/mol. The maximum absolute atomic E-state index is 9.16. The number of hydrogen-bond donors (Lipinski definition) is 0. The molecule has 0 amide bonds. The van der Waals surface area contributed by atoms with E-state index in [2.05, 4.69) is 22.0 Å². The lowest BCUT2D eigenvalue weighted by atomic mass is 10.2. The van der Waals surface area contributed by atoms with Gasteiger partial charge < -0.3 is 14.2 Å². The number of rotatable bonds is 4. The lowest BCUT2D eigenvalue weighted by molar-refractivity contribution is 0.346. The molecule has 5 heteroatoms. The first-order chi connectivity index (χ1) is 9.69. The first-order valence-corrected chi connectivity index (χ1v) is 6.57. The molecule has 2 aromatic rings. The first kappa shape index (κ1) is 14.2. The molecule has 0 saturated carbocycles. The maximum atomic E-state index is 9.16. The normalized spacial score (nSPS) is 9.70. The first-order valence-electron chi connectivity index (χ1n) is 5.78. The summed E-state index contributed by atoms with van der Waals surface area (Å²) in [6.07, 6.45) is 0. The van der Waals surface area contributed by atoms with Gasteiger partial charge in [0, 0.05) is 4.47 Å². The van der Waals surface area contributed by atoms with Crippen molar-refractivity contribution in [2.75, 3.05) is 14.2 Å². The maximum Gasteiger partial charge on any atom is 0.211 e. The van der Waals surface area contributed by atoms with Gasteiger partial charge in [-0.3, -0.25) is 0 Å². The molecule has 0 aliphatic rings. The summed E-state index contributed by atoms with van der Waals surface area (Å²) in [4.78, 5) is 0. The minimum atomic E-state index is 0.423. The number of para-hydroxylation sites is 1. The summed E-state index contributed by atoms with van der Waals surface area (Å²) in [5.74, 6) is 1.96. The molecule has 20 heavy (non-hydrogen) atoms. The van der Waals surface area contributed by atoms with Gasteiger partial charge in [0.1, 0.15) is 11.8 Å². The van der Waals surface area contributed by atoms with E-state index in [-0.39, 0.29) is 0 Å². The highest BCUT2D eigenvalue weighted by Crippen LogP contribution is 2.40. The smallest absolute Gasteiger partial charge is 0.211 e. The Morgan fingerprint density at radius 1 is 1.00 bits per heavy atom. The Labute approximate surface area is 125 Å². The Bertz CT molecular complexity index is 642. The Hall–Kier alpha value is -2.19. The fourth-order valence-corrected chi connectivity index (χ4v) is 2.07. The molecule has 0 aliphatic heterocycles. The molecule has 0 aliphatic carbocycles. The predicted molar refractivity (Wildman–Crippen MR) is 78.5 cm³/mol. The van der Waals surface area contributed by atoms with Crippen LogP contribution in [0.4, 0.5) is 0 Å². The molecule has 4 nitrogen and oxygen atoms in total. The number of methoxy groups -OCH3 is 2. The lowest BCUT2D eigenvalue weighted by Gasteiger charge is -2.14. The van der Waals surface area contributed by atoms with E-state index in [4.69, 9.17) is 19.5 Å². The van der Waals surface area contributed by atoms with Gasteiger partial charge in [-0.05, 0) is 30.3 Å². The molecule has 0 bridgehead atoms. The van der Waals surface area contributed by atoms with Gasteiger partial charge in [-0.15, -0.1) is 0 Å². The summed E-state index contributed by atoms with van der Waals surface area (Å²) in [5, 5.41) is 9.16. The van der Waals surface area contributed by atoms with Gasteiger partial charge >= 0.3 is 0 Å². The Kier molecular flexibility index (Phi) is 4.49. The Morgan fingerprint density at radius 3 is 2.20 bits per heavy atom. The SMILES string of the molecule is COc1cccc(OC)c1Oc1ccc(Br)cc1C#N. The predicted octanol–water partition coefficient (Wildman–Crippen LogP) is 4.13. The molecule has 2 aromatic carbocycles. The fourth-order valence-electron chi connectivity index (χ4n) is 1.71. The van der Waals surface area contributed by atoms with Gasteiger partial charge in [-0.1, -0.05) is 22.0 Å². The quantitative estimate of drug-likeness (QED) is 0.844. The molecule has 0 radical (unpaired) electrons. The highest BCUT2D eigenvalue weighted by Gasteiger charge is 2.14. The van der Waals surface area contributed by atoms with Crippen molar-refractivity contribution in [3.63, 3.8) is 0 Å². The summed E-state index contributed by atoms with van der Waals surface area (Å²) in [7, 11) is 3.10. The van der Waals surface area contributed by atoms with E-state index >= 15 is 0 Å². The highest BCUT2D eigenvalue weighted by molar-refractivity contribution is 9.10. The van der Waals surface area contributed by atoms with Crippen LogP contribution in [0.2, 0.25) is 0 Å². The molecule has 0 spiro atoms. The molecule has 0 fully saturated rings. The van der Waals surface area contributed by atoms with E-state index in [1.807, 2.05) is 0 Å². The molecule has 102 valence electrons. The van der Waals surface area contributed by atoms with Gasteiger partial charge in [0.05, 0.1) is 19.8 Å². The third kappa shape index (κ3) is 2.86. The van der Waals surface area contributed by atoms with Crippen LogP contribution in [0.15, 0.2) is 40.9 Å². The standard InChI is InChI=1S/C15H12BrNO3/c1-18-13-4-3-5-14(19-2)15(13)20-12-7-6-11(16)8-10(12)9-17/h3-8H,1-2H3. The van der Waals surface area contributed by atoms with Crippen molar-refractivity contribution >= 4 is 15.9 Å². The number of nitriles is 1. The van der Waals surface area contributed by atoms with Crippen LogP contribution in [0.25, 0.3) is 0 Å². The number of ether oxygens (including phenoxy) is 3. The van der Waals surface area contributed by atoms with Crippen LogP contribution >= 0.6 is 15.9 Å². The zero-order valence-corrected chi connectivity index (χ0v) is 12.6. The summed E-state index contributed by atoms with van der Waals surface area (Å²) in [6, 6.07) is 12.6. The molecular weight excluding hydrogens is 322 g/mol. The van der Waals surface area contributed by atoms with E-state index in [0.29, 0.717) is 28.6 Å². The van der Waals surface area contributed by atoms with E-state index in [0.717, 1.165) is 4.47 Å². The van der Waals surface area contributed by atoms with E-state index in [9.17, 15) is 0 Å². The zero-order valence-electron chi connectivity index (χ0n) is 11.0. The summed E-state index contributed by atoms with van der Waals surface area (Å²) < 4.78 is 17.1. The Balaban J connectivity index is 2.47. The largest absolute Gasteiger partial charge is 0.493 e. The van der Waals surface area contributed by atoms with Gasteiger partial charge in [-0.25, -0.2) is 0 Å². The average Bonchev–Trinajstić information content (AvgIpc) is 2.49. The molecule has 0 aromatic heterocycles. The van der Waals surface area contributed by atoms with Crippen LogP contribution in [0, 0.1) is 11.3 Å². The molecule has 0 N–H and O–H groups in total. The zero-order chi connectivity index (χ0) is 14.5. The van der Waals surface area contributed by atoms with Gasteiger partial charge in [0.25, 0.3) is 0 Å². The average molecular weight is 334 g/mol. The lowest BCUT2D eigenvalue weighted by Crippen LogP contribution is -1.95. The second-order valence-electron chi connectivity index (χ2n) is 3.85. The topological polar surface area (TPSA) is 51.5 Å². The molecule has 0 unspecified atom stereocenters. The van der Waals surface area contributed by atoms with Crippen molar-refractivity contribution in [1.29, 1.82) is 5.26 Å². The summed E-state index contributed by atoms with van der Waals surface area (Å²) in [5.41, 5.74) is 0.423. The van der Waals surface area contributed by atoms with E-state index in [1.165, 1.54) is 0 Å². The molecule has 0 heterocycles. The van der Waals surface area contributed by atoms with Crippen molar-refractivity contribution in [2.45, 2.75) is 0 Å². The van der Waals surface area contributed by atoms with Crippen molar-refractivity contribution in [3.05, 3.63) is 46.4 Å². The van der Waals surface area contributed by atoms with Crippen molar-refractivity contribution in [2.24, 2.45) is 0 Å². The summed E-state index contributed by atoms with van der Waals surface area (Å²) in [6.45, 7) is 0. The van der Waals surface area contributed by atoms with E-state index in [1.54, 1.807) is 50.6 Å². The van der Waals surface area contributed by atoms with Gasteiger partial charge in [-0.2, -0.15) is 5.26 Å². The van der Waals surface area contributed by atoms with Crippen molar-refractivity contribution in [3.8, 4) is 29.1 Å². The third-order valence-corrected chi connectivity index (χ3v) is 3.15. The highest BCUT2D eigenvalue weighted by atomic mass is 79.9. The number of benzene rings is 2. The Morgan fingerprint density at radius 2 is 1.65 bits per heavy atom. The van der Waals surface area contributed by atoms with Crippen LogP contribution < -0.4 is 14.2 Å². The minimum Gasteiger partial charge on any atom is -0.493 e. The van der Waals surface area contributed by atoms with Crippen LogP contribution in [0.3, 0.4) is 0 Å². The van der Waals surface area contributed by atoms with Crippen LogP contribution in [0.5, 0.6) is 23.0 Å². The third-order valence-electron chi connectivity index (χ3n) is 2.66. The fraction of sp³-hybridized carbons (Fsp3) is 0.133. The molecule has 2 rings (SSSR count). The molecule has 0 saturated heterocycles. The number of hydrogen-bond acceptors (Lipinski definition) is 4. The van der Waals surface area contributed by atoms with Gasteiger partial charge in [0.15, 0.2) is 11.5 Å². The number of halogens is 1. The molecular formula is C15H12BrNO3. The second-order valence-corrected chi connectivity index (χ2v) is 4.76. The molecule has 0 atom stereocenters. The van der Waals surface area contributed by atoms with Crippen LogP contribution in [-0.4, -0.2) is 14.2 Å². The second kappa shape index (κ2) is 6.31. The van der Waals surface area contributed by atoms with Crippen molar-refractivity contribution < 1.29 is 14.2 Å². The van der Waals surface area contributed by atoms with Crippen LogP contribution in [0.1, 0.15) is 5.56 Å². The van der Waals surface area contributed by atoms with Gasteiger partial charge in [0.2, 0.25) is 5.75 Å².